The first-order chi connectivity index (χ1) is 10.7. The Morgan fingerprint density at radius 1 is 1.00 bits per heavy atom. The number of Topliss-reactive ketones (excluding diaryl/α,β-unsaturated/α-hetero) is 1. The molecule has 0 saturated carbocycles. The van der Waals surface area contributed by atoms with Gasteiger partial charge >= 0.3 is 5.97 Å². The van der Waals surface area contributed by atoms with Gasteiger partial charge in [0, 0.05) is 6.42 Å². The highest BCUT2D eigenvalue weighted by molar-refractivity contribution is 6.33. The summed E-state index contributed by atoms with van der Waals surface area (Å²) in [6, 6.07) is 7.72. The van der Waals surface area contributed by atoms with Gasteiger partial charge in [0.2, 0.25) is 5.78 Å². The summed E-state index contributed by atoms with van der Waals surface area (Å²) in [5.74, 6) is -0.304. The van der Waals surface area contributed by atoms with E-state index in [4.69, 9.17) is 9.47 Å². The molecule has 0 saturated heterocycles. The Morgan fingerprint density at radius 3 is 2.36 bits per heavy atom. The third-order valence-electron chi connectivity index (χ3n) is 3.49. The molecule has 0 atom stereocenters. The molecule has 0 amide bonds. The van der Waals surface area contributed by atoms with E-state index in [-0.39, 0.29) is 6.42 Å². The van der Waals surface area contributed by atoms with Crippen molar-refractivity contribution in [2.24, 2.45) is 0 Å². The Hall–Kier alpha value is -1.84. The van der Waals surface area contributed by atoms with E-state index in [1.165, 1.54) is 0 Å². The summed E-state index contributed by atoms with van der Waals surface area (Å²) in [7, 11) is 1.63. The van der Waals surface area contributed by atoms with Crippen molar-refractivity contribution in [2.45, 2.75) is 51.9 Å². The fraction of sp³-hybridized carbons (Fsp3) is 0.556. The maximum Gasteiger partial charge on any atom is 0.374 e. The van der Waals surface area contributed by atoms with Crippen LogP contribution in [0.25, 0.3) is 0 Å². The first kappa shape index (κ1) is 18.2. The Balaban J connectivity index is 2.17. The van der Waals surface area contributed by atoms with Crippen LogP contribution in [0.1, 0.15) is 51.0 Å². The Bertz CT molecular complexity index is 451. The lowest BCUT2D eigenvalue weighted by molar-refractivity contribution is -0.154. The number of ketones is 1. The molecule has 0 bridgehead atoms. The quantitative estimate of drug-likeness (QED) is 0.355. The Labute approximate surface area is 132 Å². The van der Waals surface area contributed by atoms with Crippen LogP contribution in [0.15, 0.2) is 24.3 Å². The summed E-state index contributed by atoms with van der Waals surface area (Å²) in [6.07, 6.45) is 5.79. The van der Waals surface area contributed by atoms with Crippen molar-refractivity contribution < 1.29 is 19.1 Å². The zero-order chi connectivity index (χ0) is 16.2. The smallest absolute Gasteiger partial charge is 0.374 e. The highest BCUT2D eigenvalue weighted by atomic mass is 16.5. The van der Waals surface area contributed by atoms with Crippen molar-refractivity contribution in [1.82, 2.24) is 0 Å². The van der Waals surface area contributed by atoms with Gasteiger partial charge in [-0.05, 0) is 37.0 Å². The first-order valence-corrected chi connectivity index (χ1v) is 8.00. The van der Waals surface area contributed by atoms with Gasteiger partial charge in [-0.1, -0.05) is 38.3 Å². The average Bonchev–Trinajstić information content (AvgIpc) is 2.55. The van der Waals surface area contributed by atoms with Crippen LogP contribution in [0, 0.1) is 0 Å². The molecule has 1 rings (SSSR count). The lowest BCUT2D eigenvalue weighted by Crippen LogP contribution is -2.18. The lowest BCUT2D eigenvalue weighted by Gasteiger charge is -2.05. The van der Waals surface area contributed by atoms with Crippen molar-refractivity contribution in [1.29, 1.82) is 0 Å². The molecule has 0 spiro atoms. The second-order valence-corrected chi connectivity index (χ2v) is 5.32. The number of carbonyl (C=O) groups excluding carboxylic acids is 2. The zero-order valence-corrected chi connectivity index (χ0v) is 13.6. The normalized spacial score (nSPS) is 10.3. The number of hydrogen-bond acceptors (Lipinski definition) is 4. The summed E-state index contributed by atoms with van der Waals surface area (Å²) in [5, 5.41) is 0. The van der Waals surface area contributed by atoms with Gasteiger partial charge in [0.05, 0.1) is 13.7 Å². The molecule has 4 heteroatoms. The Morgan fingerprint density at radius 2 is 1.73 bits per heavy atom. The first-order valence-electron chi connectivity index (χ1n) is 8.00. The van der Waals surface area contributed by atoms with E-state index in [0.717, 1.165) is 43.4 Å². The molecule has 0 radical (unpaired) electrons. The average molecular weight is 306 g/mol. The number of carbonyl (C=O) groups is 2. The summed E-state index contributed by atoms with van der Waals surface area (Å²) in [6.45, 7) is 2.47. The van der Waals surface area contributed by atoms with E-state index in [9.17, 15) is 9.59 Å². The van der Waals surface area contributed by atoms with E-state index in [0.29, 0.717) is 13.0 Å². The number of hydrogen-bond donors (Lipinski definition) is 0. The molecular formula is C18H26O4. The molecule has 0 aliphatic rings. The number of esters is 1. The molecule has 0 fully saturated rings. The van der Waals surface area contributed by atoms with Crippen molar-refractivity contribution >= 4 is 11.8 Å². The van der Waals surface area contributed by atoms with Gasteiger partial charge in [0.1, 0.15) is 5.75 Å². The van der Waals surface area contributed by atoms with Gasteiger partial charge in [-0.2, -0.15) is 0 Å². The second-order valence-electron chi connectivity index (χ2n) is 5.32. The molecular weight excluding hydrogens is 280 g/mol. The number of benzene rings is 1. The topological polar surface area (TPSA) is 52.6 Å². The van der Waals surface area contributed by atoms with Crippen molar-refractivity contribution in [3.63, 3.8) is 0 Å². The Kier molecular flexibility index (Phi) is 8.96. The molecule has 22 heavy (non-hydrogen) atoms. The zero-order valence-electron chi connectivity index (χ0n) is 13.6. The molecule has 0 aliphatic carbocycles. The van der Waals surface area contributed by atoms with Crippen LogP contribution in [0.3, 0.4) is 0 Å². The molecule has 122 valence electrons. The molecule has 4 nitrogen and oxygen atoms in total. The van der Waals surface area contributed by atoms with Crippen LogP contribution in [-0.4, -0.2) is 25.5 Å². The van der Waals surface area contributed by atoms with Crippen molar-refractivity contribution in [2.75, 3.05) is 13.7 Å². The van der Waals surface area contributed by atoms with E-state index in [1.54, 1.807) is 7.11 Å². The summed E-state index contributed by atoms with van der Waals surface area (Å²) in [4.78, 5) is 23.2. The minimum Gasteiger partial charge on any atom is -0.497 e. The maximum absolute atomic E-state index is 11.7. The van der Waals surface area contributed by atoms with Gasteiger partial charge in [-0.3, -0.25) is 4.79 Å². The minimum atomic E-state index is -0.689. The number of ether oxygens (including phenoxy) is 2. The van der Waals surface area contributed by atoms with Crippen LogP contribution in [0.4, 0.5) is 0 Å². The number of methoxy groups -OCH3 is 1. The number of unbranched alkanes of at least 4 members (excludes halogenated alkanes) is 3. The standard InChI is InChI=1S/C18H26O4/c1-3-4-5-6-14-22-18(20)17(19)9-7-8-15-10-12-16(21-2)13-11-15/h10-13H,3-9,14H2,1-2H3. The van der Waals surface area contributed by atoms with E-state index < -0.39 is 11.8 Å². The fourth-order valence-electron chi connectivity index (χ4n) is 2.12. The third-order valence-corrected chi connectivity index (χ3v) is 3.49. The van der Waals surface area contributed by atoms with Crippen molar-refractivity contribution in [3.8, 4) is 5.75 Å². The number of rotatable bonds is 11. The van der Waals surface area contributed by atoms with Gasteiger partial charge in [-0.15, -0.1) is 0 Å². The van der Waals surface area contributed by atoms with Gasteiger partial charge in [0.15, 0.2) is 0 Å². The van der Waals surface area contributed by atoms with Gasteiger partial charge in [0.25, 0.3) is 0 Å². The number of aryl methyl sites for hydroxylation is 1. The fourth-order valence-corrected chi connectivity index (χ4v) is 2.12. The summed E-state index contributed by atoms with van der Waals surface area (Å²) in [5.41, 5.74) is 1.13. The lowest BCUT2D eigenvalue weighted by atomic mass is 10.1. The predicted octanol–water partition coefficient (Wildman–Crippen LogP) is 3.71. The van der Waals surface area contributed by atoms with Crippen LogP contribution < -0.4 is 4.74 Å². The predicted molar refractivity (Wildman–Crippen MR) is 86.0 cm³/mol. The van der Waals surface area contributed by atoms with Gasteiger partial charge < -0.3 is 9.47 Å². The van der Waals surface area contributed by atoms with E-state index in [2.05, 4.69) is 6.92 Å². The molecule has 0 N–H and O–H groups in total. The van der Waals surface area contributed by atoms with Crippen LogP contribution in [-0.2, 0) is 20.7 Å². The minimum absolute atomic E-state index is 0.236. The highest BCUT2D eigenvalue weighted by Crippen LogP contribution is 2.13. The van der Waals surface area contributed by atoms with Crippen LogP contribution in [0.5, 0.6) is 5.75 Å². The van der Waals surface area contributed by atoms with Crippen molar-refractivity contribution in [3.05, 3.63) is 29.8 Å². The van der Waals surface area contributed by atoms with Crippen LogP contribution in [0.2, 0.25) is 0 Å². The molecule has 1 aromatic rings. The van der Waals surface area contributed by atoms with E-state index >= 15 is 0 Å². The summed E-state index contributed by atoms with van der Waals surface area (Å²) < 4.78 is 10.1. The third kappa shape index (κ3) is 7.25. The van der Waals surface area contributed by atoms with E-state index in [1.807, 2.05) is 24.3 Å². The molecule has 0 aliphatic heterocycles. The molecule has 0 unspecified atom stereocenters. The molecule has 0 heterocycles. The van der Waals surface area contributed by atoms with Gasteiger partial charge in [-0.25, -0.2) is 4.79 Å². The maximum atomic E-state index is 11.7. The molecule has 0 aromatic heterocycles. The summed E-state index contributed by atoms with van der Waals surface area (Å²) >= 11 is 0. The monoisotopic (exact) mass is 306 g/mol. The van der Waals surface area contributed by atoms with Crippen LogP contribution >= 0.6 is 0 Å². The second kappa shape index (κ2) is 10.8. The SMILES string of the molecule is CCCCCCOC(=O)C(=O)CCCc1ccc(OC)cc1. The molecule has 1 aromatic carbocycles. The largest absolute Gasteiger partial charge is 0.497 e. The highest BCUT2D eigenvalue weighted by Gasteiger charge is 2.14.